The van der Waals surface area contributed by atoms with Crippen LogP contribution in [0.1, 0.15) is 30.0 Å². The Morgan fingerprint density at radius 3 is 2.85 bits per heavy atom. The van der Waals surface area contributed by atoms with Gasteiger partial charge in [-0.15, -0.1) is 0 Å². The lowest BCUT2D eigenvalue weighted by atomic mass is 10.1. The summed E-state index contributed by atoms with van der Waals surface area (Å²) in [6.07, 6.45) is 0. The normalized spacial score (nSPS) is 12.8. The Morgan fingerprint density at radius 1 is 1.35 bits per heavy atom. The summed E-state index contributed by atoms with van der Waals surface area (Å²) in [5.41, 5.74) is 2.70. The molecule has 1 N–H and O–H groups in total. The first-order valence-corrected chi connectivity index (χ1v) is 7.11. The molecule has 0 saturated heterocycles. The Kier molecular flexibility index (Phi) is 3.17. The molecule has 1 unspecified atom stereocenters. The zero-order valence-corrected chi connectivity index (χ0v) is 12.2. The molecule has 0 spiro atoms. The lowest BCUT2D eigenvalue weighted by Gasteiger charge is -2.12. The van der Waals surface area contributed by atoms with Crippen molar-refractivity contribution in [3.05, 3.63) is 41.0 Å². The van der Waals surface area contributed by atoms with Crippen molar-refractivity contribution in [2.45, 2.75) is 26.8 Å². The quantitative estimate of drug-likeness (QED) is 0.785. The molecule has 20 heavy (non-hydrogen) atoms. The molecule has 0 amide bonds. The fourth-order valence-corrected chi connectivity index (χ4v) is 3.30. The van der Waals surface area contributed by atoms with Gasteiger partial charge in [-0.2, -0.15) is 0 Å². The van der Waals surface area contributed by atoms with Gasteiger partial charge in [0.05, 0.1) is 22.0 Å². The molecular weight excluding hydrogens is 277 g/mol. The van der Waals surface area contributed by atoms with E-state index in [1.807, 2.05) is 20.8 Å². The van der Waals surface area contributed by atoms with Gasteiger partial charge in [0.2, 0.25) is 0 Å². The third-order valence-corrected chi connectivity index (χ3v) is 4.16. The molecule has 1 atom stereocenters. The predicted molar refractivity (Wildman–Crippen MR) is 77.6 cm³/mol. The molecule has 3 rings (SSSR count). The molecular formula is C14H14FN3OS. The van der Waals surface area contributed by atoms with E-state index in [9.17, 15) is 4.39 Å². The van der Waals surface area contributed by atoms with Crippen LogP contribution in [0.15, 0.2) is 22.7 Å². The second-order valence-electron chi connectivity index (χ2n) is 4.73. The molecule has 1 aromatic carbocycles. The second-order valence-corrected chi connectivity index (χ2v) is 5.77. The van der Waals surface area contributed by atoms with Crippen LogP contribution in [-0.4, -0.2) is 10.1 Å². The average molecular weight is 291 g/mol. The van der Waals surface area contributed by atoms with Gasteiger partial charge in [0.1, 0.15) is 11.6 Å². The predicted octanol–water partition coefficient (Wildman–Crippen LogP) is 4.21. The lowest BCUT2D eigenvalue weighted by molar-refractivity contribution is 0.392. The van der Waals surface area contributed by atoms with Crippen molar-refractivity contribution >= 4 is 26.7 Å². The van der Waals surface area contributed by atoms with E-state index in [4.69, 9.17) is 4.52 Å². The molecule has 0 aliphatic heterocycles. The maximum atomic E-state index is 13.2. The van der Waals surface area contributed by atoms with Crippen molar-refractivity contribution in [2.24, 2.45) is 0 Å². The van der Waals surface area contributed by atoms with Crippen LogP contribution < -0.4 is 5.32 Å². The number of fused-ring (bicyclic) bond motifs is 1. The number of hydrogen-bond acceptors (Lipinski definition) is 5. The molecule has 2 aromatic heterocycles. The molecule has 0 saturated carbocycles. The average Bonchev–Trinajstić information content (AvgIpc) is 2.92. The molecule has 0 aliphatic carbocycles. The summed E-state index contributed by atoms with van der Waals surface area (Å²) in [6.45, 7) is 5.83. The SMILES string of the molecule is Cc1noc(C)c1C(C)Nc1nc2ccc(F)cc2s1. The zero-order valence-electron chi connectivity index (χ0n) is 11.4. The van der Waals surface area contributed by atoms with Gasteiger partial charge in [-0.1, -0.05) is 16.5 Å². The van der Waals surface area contributed by atoms with E-state index in [-0.39, 0.29) is 11.9 Å². The highest BCUT2D eigenvalue weighted by atomic mass is 32.1. The molecule has 104 valence electrons. The summed E-state index contributed by atoms with van der Waals surface area (Å²) in [6, 6.07) is 4.64. The number of benzene rings is 1. The number of thiazole rings is 1. The van der Waals surface area contributed by atoms with Crippen LogP contribution in [0.4, 0.5) is 9.52 Å². The van der Waals surface area contributed by atoms with Gasteiger partial charge in [-0.25, -0.2) is 9.37 Å². The minimum Gasteiger partial charge on any atom is -0.361 e. The second kappa shape index (κ2) is 4.86. The van der Waals surface area contributed by atoms with Crippen molar-refractivity contribution in [1.82, 2.24) is 10.1 Å². The van der Waals surface area contributed by atoms with Crippen LogP contribution in [0, 0.1) is 19.7 Å². The lowest BCUT2D eigenvalue weighted by Crippen LogP contribution is -2.08. The van der Waals surface area contributed by atoms with Crippen LogP contribution in [0.2, 0.25) is 0 Å². The highest BCUT2D eigenvalue weighted by Gasteiger charge is 2.17. The molecule has 0 aliphatic rings. The highest BCUT2D eigenvalue weighted by molar-refractivity contribution is 7.22. The van der Waals surface area contributed by atoms with Gasteiger partial charge < -0.3 is 9.84 Å². The Morgan fingerprint density at radius 2 is 2.15 bits per heavy atom. The summed E-state index contributed by atoms with van der Waals surface area (Å²) in [7, 11) is 0. The summed E-state index contributed by atoms with van der Waals surface area (Å²) in [4.78, 5) is 4.45. The summed E-state index contributed by atoms with van der Waals surface area (Å²) < 4.78 is 19.2. The number of aryl methyl sites for hydroxylation is 2. The summed E-state index contributed by atoms with van der Waals surface area (Å²) in [5.74, 6) is 0.557. The summed E-state index contributed by atoms with van der Waals surface area (Å²) >= 11 is 1.44. The van der Waals surface area contributed by atoms with E-state index in [2.05, 4.69) is 15.5 Å². The maximum Gasteiger partial charge on any atom is 0.184 e. The Labute approximate surface area is 119 Å². The summed E-state index contributed by atoms with van der Waals surface area (Å²) in [5, 5.41) is 8.03. The van der Waals surface area contributed by atoms with Gasteiger partial charge in [-0.05, 0) is 39.0 Å². The van der Waals surface area contributed by atoms with E-state index < -0.39 is 0 Å². The van der Waals surface area contributed by atoms with E-state index in [1.165, 1.54) is 23.5 Å². The molecule has 0 fully saturated rings. The minimum absolute atomic E-state index is 0.0339. The number of halogens is 1. The van der Waals surface area contributed by atoms with Crippen LogP contribution in [-0.2, 0) is 0 Å². The number of aromatic nitrogens is 2. The zero-order chi connectivity index (χ0) is 14.3. The Balaban J connectivity index is 1.89. The fraction of sp³-hybridized carbons (Fsp3) is 0.286. The third-order valence-electron chi connectivity index (χ3n) is 3.21. The number of anilines is 1. The van der Waals surface area contributed by atoms with E-state index >= 15 is 0 Å². The molecule has 2 heterocycles. The van der Waals surface area contributed by atoms with E-state index in [1.54, 1.807) is 6.07 Å². The first-order chi connectivity index (χ1) is 9.54. The molecule has 4 nitrogen and oxygen atoms in total. The maximum absolute atomic E-state index is 13.2. The fourth-order valence-electron chi connectivity index (χ4n) is 2.33. The van der Waals surface area contributed by atoms with Crippen molar-refractivity contribution in [3.8, 4) is 0 Å². The van der Waals surface area contributed by atoms with Crippen LogP contribution in [0.25, 0.3) is 10.2 Å². The van der Waals surface area contributed by atoms with Crippen LogP contribution in [0.5, 0.6) is 0 Å². The standard InChI is InChI=1S/C14H14FN3OS/c1-7(13-8(2)18-19-9(13)3)16-14-17-11-5-4-10(15)6-12(11)20-14/h4-7H,1-3H3,(H,16,17). The monoisotopic (exact) mass is 291 g/mol. The van der Waals surface area contributed by atoms with Gasteiger partial charge >= 0.3 is 0 Å². The Bertz CT molecular complexity index is 745. The smallest absolute Gasteiger partial charge is 0.184 e. The molecule has 0 bridgehead atoms. The van der Waals surface area contributed by atoms with Crippen LogP contribution >= 0.6 is 11.3 Å². The van der Waals surface area contributed by atoms with Crippen molar-refractivity contribution < 1.29 is 8.91 Å². The van der Waals surface area contributed by atoms with Crippen molar-refractivity contribution in [1.29, 1.82) is 0 Å². The van der Waals surface area contributed by atoms with Gasteiger partial charge in [0.25, 0.3) is 0 Å². The van der Waals surface area contributed by atoms with E-state index in [0.29, 0.717) is 0 Å². The van der Waals surface area contributed by atoms with Gasteiger partial charge in [0, 0.05) is 5.56 Å². The number of rotatable bonds is 3. The molecule has 6 heteroatoms. The number of nitrogens with zero attached hydrogens (tertiary/aromatic N) is 2. The minimum atomic E-state index is -0.244. The number of nitrogens with one attached hydrogen (secondary N) is 1. The topological polar surface area (TPSA) is 51.0 Å². The van der Waals surface area contributed by atoms with Crippen LogP contribution in [0.3, 0.4) is 0 Å². The first kappa shape index (κ1) is 13.1. The third kappa shape index (κ3) is 2.27. The Hall–Kier alpha value is -1.95. The highest BCUT2D eigenvalue weighted by Crippen LogP contribution is 2.30. The van der Waals surface area contributed by atoms with Gasteiger partial charge in [0.15, 0.2) is 5.13 Å². The largest absolute Gasteiger partial charge is 0.361 e. The molecule has 0 radical (unpaired) electrons. The van der Waals surface area contributed by atoms with E-state index in [0.717, 1.165) is 32.4 Å². The molecule has 3 aromatic rings. The van der Waals surface area contributed by atoms with Crippen molar-refractivity contribution in [2.75, 3.05) is 5.32 Å². The van der Waals surface area contributed by atoms with Crippen molar-refractivity contribution in [3.63, 3.8) is 0 Å². The number of hydrogen-bond donors (Lipinski definition) is 1. The first-order valence-electron chi connectivity index (χ1n) is 6.30. The van der Waals surface area contributed by atoms with Gasteiger partial charge in [-0.3, -0.25) is 0 Å².